The second-order valence-electron chi connectivity index (χ2n) is 8.99. The lowest BCUT2D eigenvalue weighted by Gasteiger charge is -2.36. The van der Waals surface area contributed by atoms with Gasteiger partial charge in [-0.1, -0.05) is 12.1 Å². The molecule has 2 aromatic rings. The molecule has 1 aliphatic heterocycles. The Bertz CT molecular complexity index is 1000. The number of fused-ring (bicyclic) bond motifs is 1. The van der Waals surface area contributed by atoms with Crippen LogP contribution in [0.5, 0.6) is 17.2 Å². The Kier molecular flexibility index (Phi) is 5.94. The SMILES string of the molecule is COc1cc2c(cc1OC1CCCC1)C(=CC(=O)c1ccccc1OC)NC(C)(C)C2. The minimum Gasteiger partial charge on any atom is -0.496 e. The molecule has 0 unspecified atom stereocenters. The summed E-state index contributed by atoms with van der Waals surface area (Å²) in [5, 5.41) is 3.55. The van der Waals surface area contributed by atoms with E-state index in [9.17, 15) is 4.79 Å². The highest BCUT2D eigenvalue weighted by Gasteiger charge is 2.30. The number of carbonyl (C=O) groups excluding carboxylic acids is 1. The molecule has 4 rings (SSSR count). The molecule has 0 bridgehead atoms. The minimum absolute atomic E-state index is 0.0994. The van der Waals surface area contributed by atoms with E-state index in [-0.39, 0.29) is 17.4 Å². The zero-order valence-electron chi connectivity index (χ0n) is 18.8. The molecular formula is C26H31NO4. The normalized spacial score (nSPS) is 18.9. The second kappa shape index (κ2) is 8.66. The van der Waals surface area contributed by atoms with Crippen LogP contribution < -0.4 is 19.5 Å². The first kappa shape index (κ1) is 21.3. The van der Waals surface area contributed by atoms with Gasteiger partial charge in [-0.05, 0) is 75.8 Å². The number of hydrogen-bond donors (Lipinski definition) is 1. The van der Waals surface area contributed by atoms with Crippen molar-refractivity contribution in [3.63, 3.8) is 0 Å². The Hall–Kier alpha value is -2.95. The van der Waals surface area contributed by atoms with Crippen LogP contribution in [0.1, 0.15) is 61.0 Å². The Morgan fingerprint density at radius 3 is 2.45 bits per heavy atom. The number of methoxy groups -OCH3 is 2. The molecule has 0 spiro atoms. The van der Waals surface area contributed by atoms with Crippen molar-refractivity contribution in [3.8, 4) is 17.2 Å². The lowest BCUT2D eigenvalue weighted by molar-refractivity contribution is 0.104. The summed E-state index contributed by atoms with van der Waals surface area (Å²) < 4.78 is 17.3. The third-order valence-corrected chi connectivity index (χ3v) is 6.03. The third-order valence-electron chi connectivity index (χ3n) is 6.03. The van der Waals surface area contributed by atoms with Crippen molar-refractivity contribution in [2.45, 2.75) is 57.6 Å². The standard InChI is InChI=1S/C26H31NO4/c1-26(2)16-17-13-24(30-4)25(31-18-9-5-6-10-18)14-20(17)21(27-26)15-22(28)19-11-7-8-12-23(19)29-3/h7-8,11-15,18,27H,5-6,9-10,16H2,1-4H3. The van der Waals surface area contributed by atoms with Crippen LogP contribution in [0.25, 0.3) is 5.70 Å². The summed E-state index contributed by atoms with van der Waals surface area (Å²) in [6.45, 7) is 4.26. The lowest BCUT2D eigenvalue weighted by atomic mass is 9.85. The highest BCUT2D eigenvalue weighted by molar-refractivity contribution is 6.10. The van der Waals surface area contributed by atoms with Crippen LogP contribution >= 0.6 is 0 Å². The van der Waals surface area contributed by atoms with Gasteiger partial charge in [-0.3, -0.25) is 4.79 Å². The summed E-state index contributed by atoms with van der Waals surface area (Å²) in [4.78, 5) is 13.1. The Balaban J connectivity index is 1.75. The van der Waals surface area contributed by atoms with Crippen molar-refractivity contribution >= 4 is 11.5 Å². The van der Waals surface area contributed by atoms with Gasteiger partial charge in [0.05, 0.1) is 25.9 Å². The van der Waals surface area contributed by atoms with Crippen molar-refractivity contribution in [2.75, 3.05) is 14.2 Å². The smallest absolute Gasteiger partial charge is 0.191 e. The maximum atomic E-state index is 13.1. The van der Waals surface area contributed by atoms with Crippen molar-refractivity contribution in [1.82, 2.24) is 5.32 Å². The van der Waals surface area contributed by atoms with Crippen molar-refractivity contribution in [2.24, 2.45) is 0 Å². The fourth-order valence-electron chi connectivity index (χ4n) is 4.56. The van der Waals surface area contributed by atoms with Crippen LogP contribution in [0.2, 0.25) is 0 Å². The summed E-state index contributed by atoms with van der Waals surface area (Å²) in [5.41, 5.74) is 3.26. The van der Waals surface area contributed by atoms with E-state index in [0.29, 0.717) is 11.3 Å². The highest BCUT2D eigenvalue weighted by atomic mass is 16.5. The highest BCUT2D eigenvalue weighted by Crippen LogP contribution is 2.40. The predicted octanol–water partition coefficient (Wildman–Crippen LogP) is 5.17. The maximum absolute atomic E-state index is 13.1. The van der Waals surface area contributed by atoms with Gasteiger partial charge < -0.3 is 19.5 Å². The number of rotatable bonds is 6. The van der Waals surface area contributed by atoms with Gasteiger partial charge in [-0.2, -0.15) is 0 Å². The number of benzene rings is 2. The topological polar surface area (TPSA) is 56.8 Å². The fourth-order valence-corrected chi connectivity index (χ4v) is 4.56. The van der Waals surface area contributed by atoms with Gasteiger partial charge in [-0.25, -0.2) is 0 Å². The Morgan fingerprint density at radius 2 is 1.74 bits per heavy atom. The molecule has 0 aromatic heterocycles. The van der Waals surface area contributed by atoms with Crippen molar-refractivity contribution in [1.29, 1.82) is 0 Å². The zero-order valence-corrected chi connectivity index (χ0v) is 18.8. The number of ketones is 1. The Morgan fingerprint density at radius 1 is 1.03 bits per heavy atom. The average molecular weight is 422 g/mol. The van der Waals surface area contributed by atoms with Crippen LogP contribution in [0.15, 0.2) is 42.5 Å². The van der Waals surface area contributed by atoms with Gasteiger partial charge >= 0.3 is 0 Å². The van der Waals surface area contributed by atoms with Crippen LogP contribution in [0.3, 0.4) is 0 Å². The quantitative estimate of drug-likeness (QED) is 0.515. The van der Waals surface area contributed by atoms with Crippen molar-refractivity contribution in [3.05, 3.63) is 59.2 Å². The number of carbonyl (C=O) groups is 1. The van der Waals surface area contributed by atoms with Crippen molar-refractivity contribution < 1.29 is 19.0 Å². The van der Waals surface area contributed by atoms with E-state index in [1.807, 2.05) is 18.2 Å². The monoisotopic (exact) mass is 421 g/mol. The predicted molar refractivity (Wildman–Crippen MR) is 122 cm³/mol. The zero-order chi connectivity index (χ0) is 22.0. The second-order valence-corrected chi connectivity index (χ2v) is 8.99. The first-order valence-corrected chi connectivity index (χ1v) is 11.0. The molecule has 1 heterocycles. The molecule has 1 N–H and O–H groups in total. The number of para-hydroxylation sites is 1. The molecule has 2 aromatic carbocycles. The molecular weight excluding hydrogens is 390 g/mol. The molecule has 31 heavy (non-hydrogen) atoms. The van der Waals surface area contributed by atoms with Crippen LogP contribution in [-0.4, -0.2) is 31.6 Å². The Labute approximate surface area is 184 Å². The first-order chi connectivity index (χ1) is 14.9. The molecule has 1 fully saturated rings. The van der Waals surface area contributed by atoms with E-state index in [1.54, 1.807) is 32.4 Å². The molecule has 0 amide bonds. The number of ether oxygens (including phenoxy) is 3. The summed E-state index contributed by atoms with van der Waals surface area (Å²) in [6.07, 6.45) is 7.26. The van der Waals surface area contributed by atoms with Crippen LogP contribution in [0, 0.1) is 0 Å². The molecule has 1 aliphatic carbocycles. The molecule has 0 saturated heterocycles. The minimum atomic E-state index is -0.196. The van der Waals surface area contributed by atoms with Gasteiger partial charge in [0.15, 0.2) is 17.3 Å². The number of nitrogens with one attached hydrogen (secondary N) is 1. The maximum Gasteiger partial charge on any atom is 0.191 e. The van der Waals surface area contributed by atoms with Gasteiger partial charge in [-0.15, -0.1) is 0 Å². The number of allylic oxidation sites excluding steroid dienone is 1. The fraction of sp³-hybridized carbons (Fsp3) is 0.423. The van der Waals surface area contributed by atoms with E-state index in [1.165, 1.54) is 12.8 Å². The van der Waals surface area contributed by atoms with E-state index >= 15 is 0 Å². The van der Waals surface area contributed by atoms with Gasteiger partial charge in [0, 0.05) is 22.9 Å². The van der Waals surface area contributed by atoms with E-state index in [2.05, 4.69) is 25.2 Å². The summed E-state index contributed by atoms with van der Waals surface area (Å²) in [7, 11) is 3.26. The van der Waals surface area contributed by atoms with E-state index in [4.69, 9.17) is 14.2 Å². The summed E-state index contributed by atoms with van der Waals surface area (Å²) in [5.74, 6) is 1.96. The molecule has 0 radical (unpaired) electrons. The molecule has 1 saturated carbocycles. The molecule has 5 nitrogen and oxygen atoms in total. The lowest BCUT2D eigenvalue weighted by Crippen LogP contribution is -2.43. The summed E-state index contributed by atoms with van der Waals surface area (Å²) >= 11 is 0. The average Bonchev–Trinajstić information content (AvgIpc) is 3.26. The van der Waals surface area contributed by atoms with Crippen LogP contribution in [0.4, 0.5) is 0 Å². The number of hydrogen-bond acceptors (Lipinski definition) is 5. The molecule has 164 valence electrons. The third kappa shape index (κ3) is 4.55. The van der Waals surface area contributed by atoms with Gasteiger partial charge in [0.2, 0.25) is 0 Å². The van der Waals surface area contributed by atoms with E-state index < -0.39 is 0 Å². The molecule has 2 aliphatic rings. The van der Waals surface area contributed by atoms with Gasteiger partial charge in [0.1, 0.15) is 5.75 Å². The van der Waals surface area contributed by atoms with Gasteiger partial charge in [0.25, 0.3) is 0 Å². The first-order valence-electron chi connectivity index (χ1n) is 11.0. The van der Waals surface area contributed by atoms with E-state index in [0.717, 1.165) is 47.6 Å². The summed E-state index contributed by atoms with van der Waals surface area (Å²) in [6, 6.07) is 11.4. The molecule has 5 heteroatoms. The molecule has 0 atom stereocenters. The van der Waals surface area contributed by atoms with Crippen LogP contribution in [-0.2, 0) is 6.42 Å². The largest absolute Gasteiger partial charge is 0.496 e.